The van der Waals surface area contributed by atoms with Crippen molar-refractivity contribution in [3.8, 4) is 0 Å². The van der Waals surface area contributed by atoms with Gasteiger partial charge in [0.05, 0.1) is 5.51 Å². The van der Waals surface area contributed by atoms with Crippen molar-refractivity contribution in [2.24, 2.45) is 5.73 Å². The first-order chi connectivity index (χ1) is 8.33. The molecule has 4 heteroatoms. The van der Waals surface area contributed by atoms with Crippen LogP contribution in [0.1, 0.15) is 15.8 Å². The molecule has 86 valence electrons. The van der Waals surface area contributed by atoms with Gasteiger partial charge in [0.2, 0.25) is 0 Å². The number of nitrogens with two attached hydrogens (primary N) is 1. The summed E-state index contributed by atoms with van der Waals surface area (Å²) < 4.78 is 1.31. The zero-order chi connectivity index (χ0) is 11.7. The Bertz CT molecular complexity index is 580. The minimum Gasteiger partial charge on any atom is -0.323 e. The summed E-state index contributed by atoms with van der Waals surface area (Å²) >= 11 is 3.45. The lowest BCUT2D eigenvalue weighted by Gasteiger charge is -2.06. The average molecular weight is 260 g/mol. The van der Waals surface area contributed by atoms with Crippen LogP contribution < -0.4 is 5.73 Å². The lowest BCUT2D eigenvalue weighted by molar-refractivity contribution is 0.744. The van der Waals surface area contributed by atoms with Crippen LogP contribution in [-0.2, 0) is 6.42 Å². The van der Waals surface area contributed by atoms with E-state index in [1.807, 2.05) is 11.7 Å². The first-order valence-electron chi connectivity index (χ1n) is 5.44. The summed E-state index contributed by atoms with van der Waals surface area (Å²) in [7, 11) is 0. The molecule has 2 N–H and O–H groups in total. The van der Waals surface area contributed by atoms with Crippen LogP contribution in [0.5, 0.6) is 0 Å². The molecule has 2 heterocycles. The molecular formula is C13H12N2S2. The number of thiazole rings is 1. The zero-order valence-electron chi connectivity index (χ0n) is 9.17. The first kappa shape index (κ1) is 10.9. The largest absolute Gasteiger partial charge is 0.323 e. The summed E-state index contributed by atoms with van der Waals surface area (Å²) in [6.07, 6.45) is 2.77. The molecule has 0 aliphatic carbocycles. The number of thiophene rings is 1. The standard InChI is InChI=1S/C13H12N2S2/c14-11(6-10-7-15-8-16-10)13-5-9-3-1-2-4-12(9)17-13/h1-5,7-8,11H,6,14H2. The Balaban J connectivity index is 1.88. The molecule has 0 amide bonds. The Morgan fingerprint density at radius 1 is 1.29 bits per heavy atom. The SMILES string of the molecule is NC(Cc1cncs1)c1cc2ccccc2s1. The second-order valence-electron chi connectivity index (χ2n) is 3.96. The highest BCUT2D eigenvalue weighted by Crippen LogP contribution is 2.30. The van der Waals surface area contributed by atoms with Gasteiger partial charge in [0.15, 0.2) is 0 Å². The van der Waals surface area contributed by atoms with Crippen molar-refractivity contribution in [1.82, 2.24) is 4.98 Å². The van der Waals surface area contributed by atoms with Gasteiger partial charge in [0, 0.05) is 33.1 Å². The van der Waals surface area contributed by atoms with Crippen molar-refractivity contribution < 1.29 is 0 Å². The molecule has 3 rings (SSSR count). The molecule has 0 bridgehead atoms. The van der Waals surface area contributed by atoms with Crippen molar-refractivity contribution in [3.63, 3.8) is 0 Å². The Morgan fingerprint density at radius 2 is 2.18 bits per heavy atom. The number of nitrogens with zero attached hydrogens (tertiary/aromatic N) is 1. The molecule has 1 aromatic carbocycles. The number of hydrogen-bond acceptors (Lipinski definition) is 4. The third-order valence-electron chi connectivity index (χ3n) is 2.71. The van der Waals surface area contributed by atoms with Crippen molar-refractivity contribution in [2.45, 2.75) is 12.5 Å². The molecule has 17 heavy (non-hydrogen) atoms. The molecule has 0 radical (unpaired) electrons. The molecule has 2 nitrogen and oxygen atoms in total. The molecule has 1 unspecified atom stereocenters. The zero-order valence-corrected chi connectivity index (χ0v) is 10.8. The van der Waals surface area contributed by atoms with Gasteiger partial charge in [-0.2, -0.15) is 0 Å². The van der Waals surface area contributed by atoms with Gasteiger partial charge in [0.1, 0.15) is 0 Å². The maximum atomic E-state index is 6.24. The fourth-order valence-electron chi connectivity index (χ4n) is 1.85. The van der Waals surface area contributed by atoms with Crippen LogP contribution in [0, 0.1) is 0 Å². The highest BCUT2D eigenvalue weighted by atomic mass is 32.1. The summed E-state index contributed by atoms with van der Waals surface area (Å²) in [6, 6.07) is 10.7. The minimum atomic E-state index is 0.0767. The molecule has 0 saturated carbocycles. The predicted molar refractivity (Wildman–Crippen MR) is 74.6 cm³/mol. The van der Waals surface area contributed by atoms with Crippen LogP contribution in [0.2, 0.25) is 0 Å². The molecule has 0 aliphatic heterocycles. The molecule has 1 atom stereocenters. The van der Waals surface area contributed by atoms with Gasteiger partial charge in [0.25, 0.3) is 0 Å². The number of benzene rings is 1. The number of rotatable bonds is 3. The van der Waals surface area contributed by atoms with Gasteiger partial charge in [-0.05, 0) is 17.5 Å². The fraction of sp³-hybridized carbons (Fsp3) is 0.154. The highest BCUT2D eigenvalue weighted by molar-refractivity contribution is 7.19. The normalized spacial score (nSPS) is 13.0. The van der Waals surface area contributed by atoms with Crippen LogP contribution in [0.15, 0.2) is 42.0 Å². The Kier molecular flexibility index (Phi) is 2.93. The van der Waals surface area contributed by atoms with E-state index in [-0.39, 0.29) is 6.04 Å². The van der Waals surface area contributed by atoms with Crippen LogP contribution in [-0.4, -0.2) is 4.98 Å². The molecular weight excluding hydrogens is 248 g/mol. The predicted octanol–water partition coefficient (Wildman–Crippen LogP) is 3.60. The minimum absolute atomic E-state index is 0.0767. The Hall–Kier alpha value is -1.23. The van der Waals surface area contributed by atoms with Crippen molar-refractivity contribution in [3.05, 3.63) is 51.8 Å². The summed E-state index contributed by atoms with van der Waals surface area (Å²) in [5.74, 6) is 0. The average Bonchev–Trinajstić information content (AvgIpc) is 2.96. The van der Waals surface area contributed by atoms with Gasteiger partial charge in [-0.15, -0.1) is 22.7 Å². The van der Waals surface area contributed by atoms with Crippen LogP contribution in [0.4, 0.5) is 0 Å². The highest BCUT2D eigenvalue weighted by Gasteiger charge is 2.11. The quantitative estimate of drug-likeness (QED) is 0.781. The number of hydrogen-bond donors (Lipinski definition) is 1. The van der Waals surface area contributed by atoms with E-state index in [2.05, 4.69) is 35.3 Å². The Labute approximate surface area is 108 Å². The van der Waals surface area contributed by atoms with E-state index in [9.17, 15) is 0 Å². The third kappa shape index (κ3) is 2.24. The van der Waals surface area contributed by atoms with Crippen LogP contribution >= 0.6 is 22.7 Å². The van der Waals surface area contributed by atoms with E-state index in [1.54, 1.807) is 22.7 Å². The monoisotopic (exact) mass is 260 g/mol. The summed E-state index contributed by atoms with van der Waals surface area (Å²) in [6.45, 7) is 0. The van der Waals surface area contributed by atoms with E-state index >= 15 is 0 Å². The molecule has 2 aromatic heterocycles. The van der Waals surface area contributed by atoms with Crippen LogP contribution in [0.3, 0.4) is 0 Å². The number of aromatic nitrogens is 1. The fourth-order valence-corrected chi connectivity index (χ4v) is 3.57. The van der Waals surface area contributed by atoms with E-state index in [1.165, 1.54) is 19.8 Å². The molecule has 0 fully saturated rings. The number of fused-ring (bicyclic) bond motifs is 1. The summed E-state index contributed by atoms with van der Waals surface area (Å²) in [5, 5.41) is 1.28. The lowest BCUT2D eigenvalue weighted by Crippen LogP contribution is -2.10. The van der Waals surface area contributed by atoms with E-state index in [4.69, 9.17) is 5.73 Å². The van der Waals surface area contributed by atoms with E-state index in [0.717, 1.165) is 6.42 Å². The summed E-state index contributed by atoms with van der Waals surface area (Å²) in [4.78, 5) is 6.57. The maximum Gasteiger partial charge on any atom is 0.0794 e. The van der Waals surface area contributed by atoms with Crippen molar-refractivity contribution in [2.75, 3.05) is 0 Å². The van der Waals surface area contributed by atoms with E-state index < -0.39 is 0 Å². The maximum absolute atomic E-state index is 6.24. The van der Waals surface area contributed by atoms with Gasteiger partial charge < -0.3 is 5.73 Å². The molecule has 3 aromatic rings. The molecule has 0 saturated heterocycles. The van der Waals surface area contributed by atoms with Gasteiger partial charge in [-0.3, -0.25) is 4.98 Å². The topological polar surface area (TPSA) is 38.9 Å². The van der Waals surface area contributed by atoms with Crippen molar-refractivity contribution >= 4 is 32.8 Å². The molecule has 0 spiro atoms. The van der Waals surface area contributed by atoms with Crippen molar-refractivity contribution in [1.29, 1.82) is 0 Å². The van der Waals surface area contributed by atoms with Gasteiger partial charge in [-0.1, -0.05) is 18.2 Å². The first-order valence-corrected chi connectivity index (χ1v) is 7.14. The van der Waals surface area contributed by atoms with Crippen LogP contribution in [0.25, 0.3) is 10.1 Å². The summed E-state index contributed by atoms with van der Waals surface area (Å²) in [5.41, 5.74) is 8.09. The van der Waals surface area contributed by atoms with E-state index in [0.29, 0.717) is 0 Å². The third-order valence-corrected chi connectivity index (χ3v) is 4.76. The van der Waals surface area contributed by atoms with Gasteiger partial charge in [-0.25, -0.2) is 0 Å². The Morgan fingerprint density at radius 3 is 2.94 bits per heavy atom. The lowest BCUT2D eigenvalue weighted by atomic mass is 10.1. The smallest absolute Gasteiger partial charge is 0.0794 e. The second-order valence-corrected chi connectivity index (χ2v) is 6.05. The van der Waals surface area contributed by atoms with Gasteiger partial charge >= 0.3 is 0 Å². The second kappa shape index (κ2) is 4.56. The molecule has 0 aliphatic rings.